The lowest BCUT2D eigenvalue weighted by Gasteiger charge is -2.22. The van der Waals surface area contributed by atoms with E-state index >= 15 is 0 Å². The Morgan fingerprint density at radius 3 is 2.77 bits per heavy atom. The van der Waals surface area contributed by atoms with E-state index in [9.17, 15) is 4.79 Å². The molecular formula is C10H17NOS. The number of carbonyl (C=O) groups is 1. The minimum absolute atomic E-state index is 0.162. The van der Waals surface area contributed by atoms with Gasteiger partial charge in [0.1, 0.15) is 0 Å². The third kappa shape index (κ3) is 2.39. The van der Waals surface area contributed by atoms with Crippen LogP contribution in [0.1, 0.15) is 39.0 Å². The molecule has 2 rings (SSSR count). The molecule has 1 aliphatic carbocycles. The van der Waals surface area contributed by atoms with Gasteiger partial charge < -0.3 is 5.32 Å². The van der Waals surface area contributed by atoms with Crippen LogP contribution in [0.5, 0.6) is 0 Å². The Morgan fingerprint density at radius 2 is 2.23 bits per heavy atom. The van der Waals surface area contributed by atoms with Crippen molar-refractivity contribution in [3.05, 3.63) is 0 Å². The molecule has 74 valence electrons. The van der Waals surface area contributed by atoms with E-state index in [1.54, 1.807) is 0 Å². The van der Waals surface area contributed by atoms with Gasteiger partial charge in [0.25, 0.3) is 0 Å². The third-order valence-electron chi connectivity index (χ3n) is 2.90. The Bertz CT molecular complexity index is 207. The molecule has 3 heteroatoms. The summed E-state index contributed by atoms with van der Waals surface area (Å²) in [5.74, 6) is 1.44. The maximum atomic E-state index is 11.7. The topological polar surface area (TPSA) is 29.1 Å². The number of carbonyl (C=O) groups excluding carboxylic acids is 1. The SMILES string of the molecule is CC1(NC(=O)C2CCCCS2)CC1. The summed E-state index contributed by atoms with van der Waals surface area (Å²) in [4.78, 5) is 11.7. The lowest BCUT2D eigenvalue weighted by atomic mass is 10.1. The Hall–Kier alpha value is -0.180. The maximum Gasteiger partial charge on any atom is 0.233 e. The molecule has 2 aliphatic rings. The zero-order chi connectivity index (χ0) is 9.31. The van der Waals surface area contributed by atoms with E-state index in [-0.39, 0.29) is 16.7 Å². The van der Waals surface area contributed by atoms with E-state index in [1.165, 1.54) is 12.8 Å². The molecule has 1 unspecified atom stereocenters. The second-order valence-corrected chi connectivity index (χ2v) is 5.72. The summed E-state index contributed by atoms with van der Waals surface area (Å²) in [5, 5.41) is 3.38. The van der Waals surface area contributed by atoms with Gasteiger partial charge in [0.05, 0.1) is 5.25 Å². The van der Waals surface area contributed by atoms with E-state index in [2.05, 4.69) is 12.2 Å². The highest BCUT2D eigenvalue weighted by molar-refractivity contribution is 8.00. The van der Waals surface area contributed by atoms with Crippen LogP contribution in [0, 0.1) is 0 Å². The first-order chi connectivity index (χ1) is 6.20. The zero-order valence-corrected chi connectivity index (χ0v) is 8.95. The van der Waals surface area contributed by atoms with E-state index in [0.29, 0.717) is 0 Å². The predicted octanol–water partition coefficient (Wildman–Crippen LogP) is 1.94. The van der Waals surface area contributed by atoms with E-state index < -0.39 is 0 Å². The molecule has 2 fully saturated rings. The van der Waals surface area contributed by atoms with Gasteiger partial charge in [-0.2, -0.15) is 0 Å². The largest absolute Gasteiger partial charge is 0.350 e. The van der Waals surface area contributed by atoms with Gasteiger partial charge in [-0.25, -0.2) is 0 Å². The molecule has 2 nitrogen and oxygen atoms in total. The predicted molar refractivity (Wildman–Crippen MR) is 55.9 cm³/mol. The molecule has 1 saturated carbocycles. The molecule has 1 heterocycles. The number of hydrogen-bond donors (Lipinski definition) is 1. The van der Waals surface area contributed by atoms with Crippen LogP contribution in [0.15, 0.2) is 0 Å². The van der Waals surface area contributed by atoms with Crippen molar-refractivity contribution in [2.24, 2.45) is 0 Å². The quantitative estimate of drug-likeness (QED) is 0.736. The normalized spacial score (nSPS) is 31.0. The van der Waals surface area contributed by atoms with Crippen LogP contribution in [0.25, 0.3) is 0 Å². The molecule has 1 amide bonds. The Morgan fingerprint density at radius 1 is 1.46 bits per heavy atom. The molecule has 0 aromatic heterocycles. The van der Waals surface area contributed by atoms with E-state index in [0.717, 1.165) is 25.0 Å². The lowest BCUT2D eigenvalue weighted by molar-refractivity contribution is -0.121. The molecule has 1 aliphatic heterocycles. The molecule has 0 radical (unpaired) electrons. The fourth-order valence-corrected chi connectivity index (χ4v) is 2.84. The van der Waals surface area contributed by atoms with Crippen molar-refractivity contribution in [2.75, 3.05) is 5.75 Å². The van der Waals surface area contributed by atoms with Gasteiger partial charge >= 0.3 is 0 Å². The summed E-state index contributed by atoms with van der Waals surface area (Å²) >= 11 is 1.83. The van der Waals surface area contributed by atoms with Crippen LogP contribution < -0.4 is 5.32 Å². The molecule has 0 bridgehead atoms. The summed E-state index contributed by atoms with van der Waals surface area (Å²) in [6.45, 7) is 2.14. The Balaban J connectivity index is 1.81. The summed E-state index contributed by atoms with van der Waals surface area (Å²) < 4.78 is 0. The highest BCUT2D eigenvalue weighted by atomic mass is 32.2. The van der Waals surface area contributed by atoms with Crippen LogP contribution in [-0.2, 0) is 4.79 Å². The minimum atomic E-state index is 0.162. The number of amides is 1. The zero-order valence-electron chi connectivity index (χ0n) is 8.14. The summed E-state index contributed by atoms with van der Waals surface area (Å²) in [5.41, 5.74) is 0.162. The van der Waals surface area contributed by atoms with Crippen molar-refractivity contribution in [1.82, 2.24) is 5.32 Å². The van der Waals surface area contributed by atoms with Crippen molar-refractivity contribution in [1.29, 1.82) is 0 Å². The highest BCUT2D eigenvalue weighted by Gasteiger charge is 2.40. The fourth-order valence-electron chi connectivity index (χ4n) is 1.64. The van der Waals surface area contributed by atoms with Crippen LogP contribution in [0.2, 0.25) is 0 Å². The van der Waals surface area contributed by atoms with Crippen molar-refractivity contribution in [3.63, 3.8) is 0 Å². The molecule has 1 saturated heterocycles. The monoisotopic (exact) mass is 199 g/mol. The third-order valence-corrected chi connectivity index (χ3v) is 4.27. The van der Waals surface area contributed by atoms with E-state index in [1.807, 2.05) is 11.8 Å². The number of rotatable bonds is 2. The average Bonchev–Trinajstić information content (AvgIpc) is 2.85. The van der Waals surface area contributed by atoms with Crippen LogP contribution in [0.3, 0.4) is 0 Å². The highest BCUT2D eigenvalue weighted by Crippen LogP contribution is 2.35. The smallest absolute Gasteiger partial charge is 0.233 e. The second kappa shape index (κ2) is 3.52. The Labute approximate surface area is 83.8 Å². The molecule has 0 aromatic carbocycles. The second-order valence-electron chi connectivity index (χ2n) is 4.41. The van der Waals surface area contributed by atoms with Gasteiger partial charge in [0.15, 0.2) is 0 Å². The van der Waals surface area contributed by atoms with Gasteiger partial charge in [-0.3, -0.25) is 4.79 Å². The van der Waals surface area contributed by atoms with Gasteiger partial charge in [-0.1, -0.05) is 6.42 Å². The van der Waals surface area contributed by atoms with Crippen LogP contribution in [0.4, 0.5) is 0 Å². The average molecular weight is 199 g/mol. The van der Waals surface area contributed by atoms with Crippen LogP contribution in [-0.4, -0.2) is 22.4 Å². The standard InChI is InChI=1S/C10H17NOS/c1-10(5-6-10)11-9(12)8-4-2-3-7-13-8/h8H,2-7H2,1H3,(H,11,12). The van der Waals surface area contributed by atoms with Crippen molar-refractivity contribution in [3.8, 4) is 0 Å². The van der Waals surface area contributed by atoms with E-state index in [4.69, 9.17) is 0 Å². The van der Waals surface area contributed by atoms with Gasteiger partial charge in [0.2, 0.25) is 5.91 Å². The molecule has 1 atom stereocenters. The van der Waals surface area contributed by atoms with Gasteiger partial charge in [-0.15, -0.1) is 11.8 Å². The molecule has 0 spiro atoms. The molecule has 1 N–H and O–H groups in total. The maximum absolute atomic E-state index is 11.7. The van der Waals surface area contributed by atoms with Crippen molar-refractivity contribution in [2.45, 2.75) is 49.8 Å². The number of thioether (sulfide) groups is 1. The first kappa shape index (κ1) is 9.38. The number of nitrogens with one attached hydrogen (secondary N) is 1. The van der Waals surface area contributed by atoms with Gasteiger partial charge in [-0.05, 0) is 38.4 Å². The van der Waals surface area contributed by atoms with Crippen LogP contribution >= 0.6 is 11.8 Å². The number of hydrogen-bond acceptors (Lipinski definition) is 2. The Kier molecular flexibility index (Phi) is 2.54. The lowest BCUT2D eigenvalue weighted by Crippen LogP contribution is -2.40. The van der Waals surface area contributed by atoms with Crippen molar-refractivity contribution >= 4 is 17.7 Å². The molecular weight excluding hydrogens is 182 g/mol. The summed E-state index contributed by atoms with van der Waals surface area (Å²) in [6.07, 6.45) is 5.91. The fraction of sp³-hybridized carbons (Fsp3) is 0.900. The minimum Gasteiger partial charge on any atom is -0.350 e. The summed E-state index contributed by atoms with van der Waals surface area (Å²) in [6, 6.07) is 0. The summed E-state index contributed by atoms with van der Waals surface area (Å²) in [7, 11) is 0. The first-order valence-electron chi connectivity index (χ1n) is 5.13. The molecule has 13 heavy (non-hydrogen) atoms. The molecule has 0 aromatic rings. The van der Waals surface area contributed by atoms with Gasteiger partial charge in [0, 0.05) is 5.54 Å². The van der Waals surface area contributed by atoms with Crippen molar-refractivity contribution < 1.29 is 4.79 Å². The first-order valence-corrected chi connectivity index (χ1v) is 6.18.